The lowest BCUT2D eigenvalue weighted by atomic mass is 10.2. The van der Waals surface area contributed by atoms with Gasteiger partial charge in [0.1, 0.15) is 18.2 Å². The molecule has 0 amide bonds. The summed E-state index contributed by atoms with van der Waals surface area (Å²) in [7, 11) is 0. The average Bonchev–Trinajstić information content (AvgIpc) is 2.38. The van der Waals surface area contributed by atoms with Crippen molar-refractivity contribution < 1.29 is 9.13 Å². The first-order valence-corrected chi connectivity index (χ1v) is 6.58. The Morgan fingerprint density at radius 2 is 2.11 bits per heavy atom. The van der Waals surface area contributed by atoms with Gasteiger partial charge in [-0.25, -0.2) is 4.39 Å². The molecule has 5 heteroatoms. The van der Waals surface area contributed by atoms with Gasteiger partial charge in [0.05, 0.1) is 6.20 Å². The van der Waals surface area contributed by atoms with Crippen molar-refractivity contribution in [3.05, 3.63) is 58.1 Å². The van der Waals surface area contributed by atoms with E-state index >= 15 is 0 Å². The summed E-state index contributed by atoms with van der Waals surface area (Å²) in [6.45, 7) is 0.272. The van der Waals surface area contributed by atoms with Crippen LogP contribution in [0.15, 0.2) is 41.1 Å². The van der Waals surface area contributed by atoms with Crippen molar-refractivity contribution in [3.8, 4) is 5.75 Å². The maximum Gasteiger partial charge on any atom is 0.141 e. The molecule has 0 aliphatic carbocycles. The first kappa shape index (κ1) is 13.3. The average molecular weight is 331 g/mol. The van der Waals surface area contributed by atoms with Crippen molar-refractivity contribution in [2.24, 2.45) is 0 Å². The Morgan fingerprint density at radius 1 is 1.28 bits per heavy atom. The third-order valence-corrected chi connectivity index (χ3v) is 3.39. The van der Waals surface area contributed by atoms with Crippen molar-refractivity contribution in [2.45, 2.75) is 12.5 Å². The van der Waals surface area contributed by atoms with Crippen LogP contribution in [0.2, 0.25) is 0 Å². The van der Waals surface area contributed by atoms with Gasteiger partial charge in [-0.05, 0) is 29.8 Å². The molecule has 0 unspecified atom stereocenters. The molecule has 0 N–H and O–H groups in total. The predicted octanol–water partition coefficient (Wildman–Crippen LogP) is 4.30. The fourth-order valence-corrected chi connectivity index (χ4v) is 2.21. The highest BCUT2D eigenvalue weighted by Gasteiger charge is 2.02. The summed E-state index contributed by atoms with van der Waals surface area (Å²) in [5.74, 6) is 0.728. The molecule has 0 atom stereocenters. The molecule has 0 fully saturated rings. The summed E-state index contributed by atoms with van der Waals surface area (Å²) < 4.78 is 19.4. The number of hydrogen-bond acceptors (Lipinski definition) is 2. The van der Waals surface area contributed by atoms with Crippen LogP contribution in [0.1, 0.15) is 11.1 Å². The van der Waals surface area contributed by atoms with Gasteiger partial charge in [-0.1, -0.05) is 15.9 Å². The van der Waals surface area contributed by atoms with Crippen LogP contribution in [-0.4, -0.2) is 4.98 Å². The standard InChI is InChI=1S/C13H10BrClFNO/c14-13-2-1-12(4-10(13)5-15)18-8-9-3-11(16)7-17-6-9/h1-4,6-7H,5,8H2. The van der Waals surface area contributed by atoms with Gasteiger partial charge in [-0.2, -0.15) is 0 Å². The fourth-order valence-electron chi connectivity index (χ4n) is 1.44. The molecule has 1 heterocycles. The van der Waals surface area contributed by atoms with E-state index in [0.29, 0.717) is 17.2 Å². The zero-order chi connectivity index (χ0) is 13.0. The van der Waals surface area contributed by atoms with E-state index in [-0.39, 0.29) is 12.4 Å². The van der Waals surface area contributed by atoms with Gasteiger partial charge in [-0.15, -0.1) is 11.6 Å². The van der Waals surface area contributed by atoms with Crippen molar-refractivity contribution in [1.29, 1.82) is 0 Å². The van der Waals surface area contributed by atoms with E-state index < -0.39 is 0 Å². The molecule has 0 spiro atoms. The Labute approximate surface area is 118 Å². The Balaban J connectivity index is 2.06. The number of nitrogens with zero attached hydrogens (tertiary/aromatic N) is 1. The molecule has 0 radical (unpaired) electrons. The van der Waals surface area contributed by atoms with Gasteiger partial charge in [0.15, 0.2) is 0 Å². The number of benzene rings is 1. The molecule has 0 saturated heterocycles. The summed E-state index contributed by atoms with van der Waals surface area (Å²) in [5.41, 5.74) is 1.64. The molecule has 1 aromatic heterocycles. The minimum absolute atomic E-state index is 0.272. The molecular formula is C13H10BrClFNO. The van der Waals surface area contributed by atoms with Crippen LogP contribution in [0.4, 0.5) is 4.39 Å². The molecule has 1 aromatic carbocycles. The molecule has 2 aromatic rings. The Bertz CT molecular complexity index is 550. The number of hydrogen-bond donors (Lipinski definition) is 0. The van der Waals surface area contributed by atoms with E-state index in [1.54, 1.807) is 6.20 Å². The third kappa shape index (κ3) is 3.43. The van der Waals surface area contributed by atoms with E-state index in [1.165, 1.54) is 6.07 Å². The molecule has 0 bridgehead atoms. The smallest absolute Gasteiger partial charge is 0.141 e. The number of halogens is 3. The number of rotatable bonds is 4. The monoisotopic (exact) mass is 329 g/mol. The lowest BCUT2D eigenvalue weighted by molar-refractivity contribution is 0.304. The molecular weight excluding hydrogens is 321 g/mol. The van der Waals surface area contributed by atoms with E-state index in [1.807, 2.05) is 18.2 Å². The molecule has 94 valence electrons. The Hall–Kier alpha value is -1.13. The SMILES string of the molecule is Fc1cncc(COc2ccc(Br)c(CCl)c2)c1. The van der Waals surface area contributed by atoms with E-state index in [0.717, 1.165) is 16.2 Å². The van der Waals surface area contributed by atoms with E-state index in [2.05, 4.69) is 20.9 Å². The largest absolute Gasteiger partial charge is 0.489 e. The topological polar surface area (TPSA) is 22.1 Å². The molecule has 18 heavy (non-hydrogen) atoms. The first-order valence-electron chi connectivity index (χ1n) is 5.25. The minimum Gasteiger partial charge on any atom is -0.489 e. The molecule has 0 aliphatic heterocycles. The summed E-state index contributed by atoms with van der Waals surface area (Å²) in [6.07, 6.45) is 2.74. The van der Waals surface area contributed by atoms with Crippen LogP contribution in [0.25, 0.3) is 0 Å². The molecule has 2 nitrogen and oxygen atoms in total. The highest BCUT2D eigenvalue weighted by Crippen LogP contribution is 2.24. The number of alkyl halides is 1. The molecule has 2 rings (SSSR count). The second kappa shape index (κ2) is 6.16. The molecule has 0 aliphatic rings. The Kier molecular flexibility index (Phi) is 4.55. The summed E-state index contributed by atoms with van der Waals surface area (Å²) in [4.78, 5) is 3.76. The fraction of sp³-hybridized carbons (Fsp3) is 0.154. The lowest BCUT2D eigenvalue weighted by Crippen LogP contribution is -1.97. The third-order valence-electron chi connectivity index (χ3n) is 2.33. The van der Waals surface area contributed by atoms with Crippen molar-refractivity contribution in [1.82, 2.24) is 4.98 Å². The van der Waals surface area contributed by atoms with Gasteiger partial charge in [0.2, 0.25) is 0 Å². The predicted molar refractivity (Wildman–Crippen MR) is 72.2 cm³/mol. The number of aromatic nitrogens is 1. The molecule has 0 saturated carbocycles. The van der Waals surface area contributed by atoms with Crippen LogP contribution in [0.5, 0.6) is 5.75 Å². The summed E-state index contributed by atoms with van der Waals surface area (Å²) in [6, 6.07) is 6.95. The highest BCUT2D eigenvalue weighted by molar-refractivity contribution is 9.10. The van der Waals surface area contributed by atoms with Crippen LogP contribution in [-0.2, 0) is 12.5 Å². The first-order chi connectivity index (χ1) is 8.69. The normalized spacial score (nSPS) is 10.4. The lowest BCUT2D eigenvalue weighted by Gasteiger charge is -2.08. The highest BCUT2D eigenvalue weighted by atomic mass is 79.9. The van der Waals surface area contributed by atoms with E-state index in [9.17, 15) is 4.39 Å². The maximum atomic E-state index is 12.9. The zero-order valence-corrected chi connectivity index (χ0v) is 11.7. The van der Waals surface area contributed by atoms with Gasteiger partial charge in [0, 0.05) is 22.1 Å². The van der Waals surface area contributed by atoms with Crippen LogP contribution < -0.4 is 4.74 Å². The van der Waals surface area contributed by atoms with Gasteiger partial charge in [-0.3, -0.25) is 4.98 Å². The minimum atomic E-state index is -0.367. The van der Waals surface area contributed by atoms with Crippen LogP contribution in [0, 0.1) is 5.82 Å². The van der Waals surface area contributed by atoms with Gasteiger partial charge in [0.25, 0.3) is 0 Å². The van der Waals surface area contributed by atoms with E-state index in [4.69, 9.17) is 16.3 Å². The van der Waals surface area contributed by atoms with Crippen molar-refractivity contribution >= 4 is 27.5 Å². The van der Waals surface area contributed by atoms with Crippen molar-refractivity contribution in [2.75, 3.05) is 0 Å². The second-order valence-corrected chi connectivity index (χ2v) is 4.81. The van der Waals surface area contributed by atoms with Crippen LogP contribution >= 0.6 is 27.5 Å². The Morgan fingerprint density at radius 3 is 2.83 bits per heavy atom. The number of pyridine rings is 1. The number of ether oxygens (including phenoxy) is 1. The van der Waals surface area contributed by atoms with Gasteiger partial charge >= 0.3 is 0 Å². The summed E-state index contributed by atoms with van der Waals surface area (Å²) >= 11 is 9.19. The van der Waals surface area contributed by atoms with Gasteiger partial charge < -0.3 is 4.74 Å². The summed E-state index contributed by atoms with van der Waals surface area (Å²) in [5, 5.41) is 0. The van der Waals surface area contributed by atoms with Crippen molar-refractivity contribution in [3.63, 3.8) is 0 Å². The van der Waals surface area contributed by atoms with Crippen LogP contribution in [0.3, 0.4) is 0 Å². The zero-order valence-electron chi connectivity index (χ0n) is 9.37. The maximum absolute atomic E-state index is 12.9. The quantitative estimate of drug-likeness (QED) is 0.780. The second-order valence-electron chi connectivity index (χ2n) is 3.69.